The van der Waals surface area contributed by atoms with Gasteiger partial charge in [0.25, 0.3) is 5.91 Å². The van der Waals surface area contributed by atoms with Crippen molar-refractivity contribution < 1.29 is 32.3 Å². The number of nitrogens with one attached hydrogen (secondary N) is 1. The summed E-state index contributed by atoms with van der Waals surface area (Å²) in [5, 5.41) is 15.9. The van der Waals surface area contributed by atoms with Gasteiger partial charge in [0.1, 0.15) is 17.0 Å². The van der Waals surface area contributed by atoms with Crippen LogP contribution in [0.15, 0.2) is 16.8 Å². The number of ether oxygens (including phenoxy) is 1. The lowest BCUT2D eigenvalue weighted by Gasteiger charge is -2.25. The highest BCUT2D eigenvalue weighted by Crippen LogP contribution is 2.44. The number of carbonyl (C=O) groups excluding carboxylic acids is 1. The van der Waals surface area contributed by atoms with E-state index in [2.05, 4.69) is 20.4 Å². The van der Waals surface area contributed by atoms with Crippen molar-refractivity contribution in [2.24, 2.45) is 0 Å². The van der Waals surface area contributed by atoms with E-state index in [1.165, 1.54) is 19.2 Å². The fraction of sp³-hybridized carbons (Fsp3) is 0.529. The highest BCUT2D eigenvalue weighted by Gasteiger charge is 2.35. The summed E-state index contributed by atoms with van der Waals surface area (Å²) in [6.45, 7) is 1.04. The zero-order valence-corrected chi connectivity index (χ0v) is 15.2. The number of carbonyl (C=O) groups is 1. The Hall–Kier alpha value is -2.69. The third kappa shape index (κ3) is 4.58. The van der Waals surface area contributed by atoms with Crippen molar-refractivity contribution in [2.45, 2.75) is 44.3 Å². The van der Waals surface area contributed by atoms with Gasteiger partial charge in [0.15, 0.2) is 12.4 Å². The monoisotopic (exact) mass is 400 g/mol. The van der Waals surface area contributed by atoms with Crippen molar-refractivity contribution in [3.05, 3.63) is 35.2 Å². The van der Waals surface area contributed by atoms with Gasteiger partial charge in [0, 0.05) is 24.8 Å². The van der Waals surface area contributed by atoms with Gasteiger partial charge in [0.2, 0.25) is 5.89 Å². The van der Waals surface area contributed by atoms with E-state index in [-0.39, 0.29) is 29.1 Å². The van der Waals surface area contributed by atoms with Gasteiger partial charge < -0.3 is 19.7 Å². The number of halogens is 3. The van der Waals surface area contributed by atoms with Gasteiger partial charge in [-0.2, -0.15) is 18.2 Å². The number of aliphatic hydroxyl groups excluding tert-OH is 1. The Morgan fingerprint density at radius 1 is 1.43 bits per heavy atom. The quantitative estimate of drug-likeness (QED) is 0.733. The summed E-state index contributed by atoms with van der Waals surface area (Å²) in [6, 6.07) is 1.17. The van der Waals surface area contributed by atoms with E-state index in [0.717, 1.165) is 12.8 Å². The third-order valence-electron chi connectivity index (χ3n) is 4.26. The zero-order chi connectivity index (χ0) is 20.5. The summed E-state index contributed by atoms with van der Waals surface area (Å²) in [6.07, 6.45) is -1.49. The summed E-state index contributed by atoms with van der Waals surface area (Å²) < 4.78 is 47.4. The van der Waals surface area contributed by atoms with Crippen LogP contribution in [0.25, 0.3) is 0 Å². The highest BCUT2D eigenvalue weighted by atomic mass is 19.4. The van der Waals surface area contributed by atoms with Crippen LogP contribution in [0, 0.1) is 6.92 Å². The summed E-state index contributed by atoms with van der Waals surface area (Å²) >= 11 is 0. The van der Waals surface area contributed by atoms with Crippen molar-refractivity contribution in [1.29, 1.82) is 0 Å². The normalized spacial score (nSPS) is 16.5. The molecule has 1 aliphatic carbocycles. The van der Waals surface area contributed by atoms with Crippen LogP contribution in [0.1, 0.15) is 53.5 Å². The molecule has 2 N–H and O–H groups in total. The van der Waals surface area contributed by atoms with Crippen molar-refractivity contribution in [3.63, 3.8) is 0 Å². The van der Waals surface area contributed by atoms with Crippen LogP contribution >= 0.6 is 0 Å². The van der Waals surface area contributed by atoms with Gasteiger partial charge >= 0.3 is 6.18 Å². The summed E-state index contributed by atoms with van der Waals surface area (Å²) in [4.78, 5) is 20.6. The number of pyridine rings is 1. The molecule has 3 rings (SSSR count). The predicted octanol–water partition coefficient (Wildman–Crippen LogP) is 2.23. The van der Waals surface area contributed by atoms with E-state index in [0.29, 0.717) is 5.56 Å². The van der Waals surface area contributed by atoms with Crippen molar-refractivity contribution in [2.75, 3.05) is 13.2 Å². The summed E-state index contributed by atoms with van der Waals surface area (Å²) in [7, 11) is 0. The van der Waals surface area contributed by atoms with Crippen LogP contribution in [0.3, 0.4) is 0 Å². The topological polar surface area (TPSA) is 110 Å². The minimum absolute atomic E-state index is 0.0268. The molecule has 11 heteroatoms. The van der Waals surface area contributed by atoms with Crippen LogP contribution in [-0.2, 0) is 5.54 Å². The molecule has 8 nitrogen and oxygen atoms in total. The lowest BCUT2D eigenvalue weighted by molar-refractivity contribution is -0.153. The molecule has 1 saturated carbocycles. The Morgan fingerprint density at radius 3 is 2.68 bits per heavy atom. The van der Waals surface area contributed by atoms with E-state index >= 15 is 0 Å². The number of aryl methyl sites for hydroxylation is 1. The largest absolute Gasteiger partial charge is 0.484 e. The first-order valence-electron chi connectivity index (χ1n) is 8.55. The SMILES string of the molecule is Cc1nc(C(C)(CO)NC(=O)c2cc(OCC(F)(F)F)c(C3CC3)cn2)no1. The second-order valence-corrected chi connectivity index (χ2v) is 6.87. The molecule has 0 aromatic carbocycles. The molecule has 0 saturated heterocycles. The Balaban J connectivity index is 1.82. The summed E-state index contributed by atoms with van der Waals surface area (Å²) in [5.74, 6) is -0.361. The molecule has 152 valence electrons. The van der Waals surface area contributed by atoms with Crippen LogP contribution in [-0.4, -0.2) is 45.5 Å². The lowest BCUT2D eigenvalue weighted by atomic mass is 10.0. The fourth-order valence-corrected chi connectivity index (χ4v) is 2.56. The first-order valence-corrected chi connectivity index (χ1v) is 8.55. The average molecular weight is 400 g/mol. The molecule has 1 atom stereocenters. The Morgan fingerprint density at radius 2 is 2.14 bits per heavy atom. The second kappa shape index (κ2) is 7.38. The van der Waals surface area contributed by atoms with Gasteiger partial charge in [-0.3, -0.25) is 9.78 Å². The molecule has 0 bridgehead atoms. The lowest BCUT2D eigenvalue weighted by Crippen LogP contribution is -2.47. The number of hydrogen-bond acceptors (Lipinski definition) is 7. The minimum atomic E-state index is -4.50. The Kier molecular flexibility index (Phi) is 5.28. The molecular weight excluding hydrogens is 381 g/mol. The molecule has 2 aromatic heterocycles. The van der Waals surface area contributed by atoms with Gasteiger partial charge in [-0.15, -0.1) is 0 Å². The fourth-order valence-electron chi connectivity index (χ4n) is 2.56. The first-order chi connectivity index (χ1) is 13.1. The van der Waals surface area contributed by atoms with E-state index < -0.39 is 30.8 Å². The van der Waals surface area contributed by atoms with Crippen LogP contribution in [0.4, 0.5) is 13.2 Å². The Bertz CT molecular complexity index is 866. The highest BCUT2D eigenvalue weighted by molar-refractivity contribution is 5.93. The molecule has 28 heavy (non-hydrogen) atoms. The van der Waals surface area contributed by atoms with Crippen LogP contribution in [0.5, 0.6) is 5.75 Å². The molecule has 2 heterocycles. The molecule has 2 aromatic rings. The number of amides is 1. The standard InChI is InChI=1S/C17H19F3N4O4/c1-9-22-15(24-28-9)16(2,7-25)23-14(26)12-5-13(27-8-17(18,19)20)11(6-21-12)10-3-4-10/h5-6,10,25H,3-4,7-8H2,1-2H3,(H,23,26). The van der Waals surface area contributed by atoms with Gasteiger partial charge in [-0.1, -0.05) is 5.16 Å². The van der Waals surface area contributed by atoms with E-state index in [4.69, 9.17) is 9.26 Å². The van der Waals surface area contributed by atoms with E-state index in [9.17, 15) is 23.1 Å². The molecular formula is C17H19F3N4O4. The first kappa shape index (κ1) is 20.1. The number of hydrogen-bond donors (Lipinski definition) is 2. The van der Waals surface area contributed by atoms with Crippen LogP contribution < -0.4 is 10.1 Å². The van der Waals surface area contributed by atoms with Crippen molar-refractivity contribution in [1.82, 2.24) is 20.4 Å². The van der Waals surface area contributed by atoms with Crippen molar-refractivity contribution >= 4 is 5.91 Å². The third-order valence-corrected chi connectivity index (χ3v) is 4.26. The maximum absolute atomic E-state index is 12.6. The maximum atomic E-state index is 12.6. The molecule has 1 amide bonds. The van der Waals surface area contributed by atoms with Gasteiger partial charge in [-0.25, -0.2) is 0 Å². The molecule has 1 fully saturated rings. The summed E-state index contributed by atoms with van der Waals surface area (Å²) in [5.41, 5.74) is -0.973. The molecule has 1 aliphatic rings. The maximum Gasteiger partial charge on any atom is 0.422 e. The minimum Gasteiger partial charge on any atom is -0.484 e. The molecule has 1 unspecified atom stereocenters. The average Bonchev–Trinajstić information content (AvgIpc) is 3.39. The van der Waals surface area contributed by atoms with Gasteiger partial charge in [0.05, 0.1) is 6.61 Å². The predicted molar refractivity (Wildman–Crippen MR) is 88.7 cm³/mol. The molecule has 0 spiro atoms. The smallest absolute Gasteiger partial charge is 0.422 e. The number of nitrogens with zero attached hydrogens (tertiary/aromatic N) is 3. The van der Waals surface area contributed by atoms with E-state index in [1.54, 1.807) is 6.92 Å². The molecule has 0 aliphatic heterocycles. The van der Waals surface area contributed by atoms with Gasteiger partial charge in [-0.05, 0) is 25.7 Å². The number of alkyl halides is 3. The number of rotatable bonds is 7. The van der Waals surface area contributed by atoms with Crippen LogP contribution in [0.2, 0.25) is 0 Å². The second-order valence-electron chi connectivity index (χ2n) is 6.87. The van der Waals surface area contributed by atoms with Crippen molar-refractivity contribution in [3.8, 4) is 5.75 Å². The molecule has 0 radical (unpaired) electrons. The number of aliphatic hydroxyl groups is 1. The zero-order valence-electron chi connectivity index (χ0n) is 15.2. The number of aromatic nitrogens is 3. The van der Waals surface area contributed by atoms with E-state index in [1.807, 2.05) is 0 Å². The Labute approximate surface area is 158 Å².